The molecule has 6 heteroatoms. The zero-order valence-corrected chi connectivity index (χ0v) is 16.3. The Morgan fingerprint density at radius 3 is 2.29 bits per heavy atom. The molecular formula is C22H22O5S. The standard InChI is InChI=1S/C22H22O5S/c1-26-16-27-15-14-18-12-13-20(17-8-4-2-5-9-17)22(21(18)23)28(24,25)19-10-6-3-7-11-19/h2-14,20,22H,15-16H2,1H3/b18-14+/t20-,22-/m0/s1. The van der Waals surface area contributed by atoms with E-state index in [1.54, 1.807) is 36.4 Å². The highest BCUT2D eigenvalue weighted by molar-refractivity contribution is 7.93. The first-order chi connectivity index (χ1) is 13.6. The molecule has 0 bridgehead atoms. The van der Waals surface area contributed by atoms with Crippen LogP contribution in [0.3, 0.4) is 0 Å². The second-order valence-electron chi connectivity index (χ2n) is 6.38. The summed E-state index contributed by atoms with van der Waals surface area (Å²) in [4.78, 5) is 13.3. The van der Waals surface area contributed by atoms with Gasteiger partial charge in [0.15, 0.2) is 15.6 Å². The fourth-order valence-corrected chi connectivity index (χ4v) is 5.10. The minimum Gasteiger partial charge on any atom is -0.359 e. The van der Waals surface area contributed by atoms with Gasteiger partial charge in [-0.1, -0.05) is 60.7 Å². The van der Waals surface area contributed by atoms with Crippen molar-refractivity contribution in [2.75, 3.05) is 20.5 Å². The lowest BCUT2D eigenvalue weighted by Gasteiger charge is -2.28. The number of methoxy groups -OCH3 is 1. The van der Waals surface area contributed by atoms with Crippen molar-refractivity contribution in [1.82, 2.24) is 0 Å². The zero-order valence-electron chi connectivity index (χ0n) is 15.5. The maximum atomic E-state index is 13.4. The molecule has 0 fully saturated rings. The fraction of sp³-hybridized carbons (Fsp3) is 0.227. The molecule has 0 aliphatic heterocycles. The van der Waals surface area contributed by atoms with E-state index in [0.717, 1.165) is 5.56 Å². The smallest absolute Gasteiger partial charge is 0.189 e. The minimum atomic E-state index is -3.88. The van der Waals surface area contributed by atoms with E-state index >= 15 is 0 Å². The molecule has 3 rings (SSSR count). The van der Waals surface area contributed by atoms with Gasteiger partial charge in [0.25, 0.3) is 0 Å². The summed E-state index contributed by atoms with van der Waals surface area (Å²) in [6.07, 6.45) is 5.05. The monoisotopic (exact) mass is 398 g/mol. The molecule has 0 heterocycles. The van der Waals surface area contributed by atoms with Crippen LogP contribution in [0, 0.1) is 0 Å². The third kappa shape index (κ3) is 4.30. The van der Waals surface area contributed by atoms with Crippen LogP contribution in [0.1, 0.15) is 11.5 Å². The normalized spacial score (nSPS) is 21.2. The molecule has 2 aromatic rings. The molecule has 0 aromatic heterocycles. The topological polar surface area (TPSA) is 69.7 Å². The van der Waals surface area contributed by atoms with E-state index in [1.807, 2.05) is 30.3 Å². The highest BCUT2D eigenvalue weighted by Crippen LogP contribution is 2.35. The van der Waals surface area contributed by atoms with E-state index in [9.17, 15) is 13.2 Å². The summed E-state index contributed by atoms with van der Waals surface area (Å²) < 4.78 is 36.8. The van der Waals surface area contributed by atoms with Crippen molar-refractivity contribution in [3.8, 4) is 0 Å². The van der Waals surface area contributed by atoms with Crippen molar-refractivity contribution in [1.29, 1.82) is 0 Å². The first-order valence-electron chi connectivity index (χ1n) is 8.89. The molecule has 146 valence electrons. The van der Waals surface area contributed by atoms with Crippen LogP contribution in [0.5, 0.6) is 0 Å². The molecule has 0 radical (unpaired) electrons. The first kappa shape index (κ1) is 20.2. The van der Waals surface area contributed by atoms with Gasteiger partial charge in [-0.2, -0.15) is 0 Å². The quantitative estimate of drug-likeness (QED) is 0.407. The number of carbonyl (C=O) groups is 1. The van der Waals surface area contributed by atoms with Crippen LogP contribution in [-0.4, -0.2) is 40.0 Å². The van der Waals surface area contributed by atoms with Gasteiger partial charge in [-0.15, -0.1) is 0 Å². The van der Waals surface area contributed by atoms with Gasteiger partial charge in [0.05, 0.1) is 11.5 Å². The van der Waals surface area contributed by atoms with Crippen LogP contribution in [0.4, 0.5) is 0 Å². The van der Waals surface area contributed by atoms with Gasteiger partial charge >= 0.3 is 0 Å². The van der Waals surface area contributed by atoms with Gasteiger partial charge in [0, 0.05) is 18.6 Å². The molecule has 28 heavy (non-hydrogen) atoms. The summed E-state index contributed by atoms with van der Waals surface area (Å²) in [5.41, 5.74) is 1.11. The average Bonchev–Trinajstić information content (AvgIpc) is 2.73. The number of ether oxygens (including phenoxy) is 2. The summed E-state index contributed by atoms with van der Waals surface area (Å²) in [6.45, 7) is 0.257. The maximum absolute atomic E-state index is 13.4. The van der Waals surface area contributed by atoms with Gasteiger partial charge in [0.1, 0.15) is 12.0 Å². The number of sulfone groups is 1. The summed E-state index contributed by atoms with van der Waals surface area (Å²) in [7, 11) is -2.38. The number of hydrogen-bond donors (Lipinski definition) is 0. The maximum Gasteiger partial charge on any atom is 0.189 e. The lowest BCUT2D eigenvalue weighted by atomic mass is 9.85. The predicted octanol–water partition coefficient (Wildman–Crippen LogP) is 3.30. The van der Waals surface area contributed by atoms with Gasteiger partial charge < -0.3 is 9.47 Å². The van der Waals surface area contributed by atoms with E-state index in [4.69, 9.17) is 9.47 Å². The predicted molar refractivity (Wildman–Crippen MR) is 107 cm³/mol. The molecular weight excluding hydrogens is 376 g/mol. The number of rotatable bonds is 7. The Hall–Kier alpha value is -2.54. The molecule has 1 aliphatic carbocycles. The van der Waals surface area contributed by atoms with Crippen LogP contribution >= 0.6 is 0 Å². The Morgan fingerprint density at radius 1 is 1.00 bits per heavy atom. The minimum absolute atomic E-state index is 0.0973. The molecule has 0 unspecified atom stereocenters. The van der Waals surface area contributed by atoms with Gasteiger partial charge in [0.2, 0.25) is 0 Å². The first-order valence-corrected chi connectivity index (χ1v) is 10.4. The molecule has 1 aliphatic rings. The van der Waals surface area contributed by atoms with Crippen LogP contribution < -0.4 is 0 Å². The molecule has 0 saturated carbocycles. The Bertz CT molecular complexity index is 963. The van der Waals surface area contributed by atoms with Crippen LogP contribution in [0.25, 0.3) is 0 Å². The molecule has 2 atom stereocenters. The Morgan fingerprint density at radius 2 is 1.64 bits per heavy atom. The number of ketones is 1. The van der Waals surface area contributed by atoms with Gasteiger partial charge in [-0.25, -0.2) is 8.42 Å². The molecule has 0 N–H and O–H groups in total. The highest BCUT2D eigenvalue weighted by atomic mass is 32.2. The van der Waals surface area contributed by atoms with Crippen molar-refractivity contribution in [2.24, 2.45) is 0 Å². The summed E-state index contributed by atoms with van der Waals surface area (Å²) in [5, 5.41) is -1.23. The second kappa shape index (κ2) is 9.10. The number of Topliss-reactive ketones (excluding diaryl/α,β-unsaturated/α-hetero) is 1. The third-order valence-corrected chi connectivity index (χ3v) is 6.67. The Kier molecular flexibility index (Phi) is 6.57. The Balaban J connectivity index is 2.03. The lowest BCUT2D eigenvalue weighted by Crippen LogP contribution is -2.38. The number of benzene rings is 2. The van der Waals surface area contributed by atoms with E-state index < -0.39 is 26.8 Å². The van der Waals surface area contributed by atoms with E-state index in [-0.39, 0.29) is 18.3 Å². The largest absolute Gasteiger partial charge is 0.359 e. The molecule has 5 nitrogen and oxygen atoms in total. The van der Waals surface area contributed by atoms with E-state index in [2.05, 4.69) is 0 Å². The van der Waals surface area contributed by atoms with Crippen LogP contribution in [-0.2, 0) is 24.1 Å². The van der Waals surface area contributed by atoms with E-state index in [1.165, 1.54) is 19.2 Å². The van der Waals surface area contributed by atoms with Crippen molar-refractivity contribution in [3.05, 3.63) is 90.0 Å². The summed E-state index contributed by atoms with van der Waals surface area (Å²) in [5.74, 6) is -0.989. The number of hydrogen-bond acceptors (Lipinski definition) is 5. The van der Waals surface area contributed by atoms with Crippen molar-refractivity contribution < 1.29 is 22.7 Å². The fourth-order valence-electron chi connectivity index (χ4n) is 3.22. The SMILES string of the molecule is COCOC/C=C1\C=C[C@@H](c2ccccc2)[C@H](S(=O)(=O)c2ccccc2)C1=O. The van der Waals surface area contributed by atoms with Crippen molar-refractivity contribution in [2.45, 2.75) is 16.1 Å². The summed E-state index contributed by atoms with van der Waals surface area (Å²) in [6, 6.07) is 17.3. The third-order valence-electron chi connectivity index (χ3n) is 4.57. The summed E-state index contributed by atoms with van der Waals surface area (Å²) >= 11 is 0. The Labute approximate surface area is 165 Å². The average molecular weight is 398 g/mol. The van der Waals surface area contributed by atoms with Crippen LogP contribution in [0.2, 0.25) is 0 Å². The molecule has 0 saturated heterocycles. The zero-order chi connectivity index (χ0) is 20.0. The van der Waals surface area contributed by atoms with Crippen molar-refractivity contribution in [3.63, 3.8) is 0 Å². The molecule has 0 amide bonds. The molecule has 2 aromatic carbocycles. The van der Waals surface area contributed by atoms with Gasteiger partial charge in [-0.05, 0) is 23.8 Å². The molecule has 0 spiro atoms. The second-order valence-corrected chi connectivity index (χ2v) is 8.44. The van der Waals surface area contributed by atoms with E-state index in [0.29, 0.717) is 5.57 Å². The van der Waals surface area contributed by atoms with Gasteiger partial charge in [-0.3, -0.25) is 4.79 Å². The van der Waals surface area contributed by atoms with Crippen LogP contribution in [0.15, 0.2) is 89.4 Å². The lowest BCUT2D eigenvalue weighted by molar-refractivity contribution is -0.115. The highest BCUT2D eigenvalue weighted by Gasteiger charge is 2.42. The number of carbonyl (C=O) groups excluding carboxylic acids is 1. The van der Waals surface area contributed by atoms with Crippen molar-refractivity contribution >= 4 is 15.6 Å². The number of allylic oxidation sites excluding steroid dienone is 3.